The highest BCUT2D eigenvalue weighted by Crippen LogP contribution is 1.78. The Labute approximate surface area is 55.6 Å². The maximum Gasteiger partial charge on any atom is 0.105 e. The van der Waals surface area contributed by atoms with Crippen LogP contribution >= 0.6 is 0 Å². The lowest BCUT2D eigenvalue weighted by atomic mass is 10.7. The Bertz CT molecular complexity index is 41.6. The van der Waals surface area contributed by atoms with E-state index in [4.69, 9.17) is 14.6 Å². The minimum Gasteiger partial charge on any atom is -0.388 e. The first-order chi connectivity index (χ1) is 4.41. The molecule has 0 aromatic heterocycles. The average Bonchev–Trinajstić information content (AvgIpc) is 1.89. The molecule has 9 heavy (non-hydrogen) atoms. The summed E-state index contributed by atoms with van der Waals surface area (Å²) < 4.78 is 9.81. The molecular weight excluding hydrogens is 120 g/mol. The first kappa shape index (κ1) is 8.88. The molecule has 1 N–H and O–H groups in total. The molecule has 0 aliphatic carbocycles. The van der Waals surface area contributed by atoms with Crippen LogP contribution in [0.5, 0.6) is 0 Å². The smallest absolute Gasteiger partial charge is 0.105 e. The molecule has 0 aliphatic heterocycles. The van der Waals surface area contributed by atoms with Crippen molar-refractivity contribution in [2.45, 2.75) is 6.92 Å². The first-order valence-corrected chi connectivity index (χ1v) is 3.03. The van der Waals surface area contributed by atoms with E-state index in [0.29, 0.717) is 19.8 Å². The molecule has 3 heteroatoms. The molecule has 3 nitrogen and oxygen atoms in total. The Hall–Kier alpha value is -0.120. The van der Waals surface area contributed by atoms with E-state index in [9.17, 15) is 0 Å². The Kier molecular flexibility index (Phi) is 7.77. The van der Waals surface area contributed by atoms with Gasteiger partial charge in [0.2, 0.25) is 0 Å². The van der Waals surface area contributed by atoms with Crippen molar-refractivity contribution < 1.29 is 14.6 Å². The Morgan fingerprint density at radius 3 is 2.56 bits per heavy atom. The van der Waals surface area contributed by atoms with Crippen LogP contribution in [-0.2, 0) is 9.47 Å². The quantitative estimate of drug-likeness (QED) is 0.538. The van der Waals surface area contributed by atoms with E-state index in [2.05, 4.69) is 0 Å². The third kappa shape index (κ3) is 7.88. The van der Waals surface area contributed by atoms with Crippen molar-refractivity contribution in [2.24, 2.45) is 0 Å². The monoisotopic (exact) mass is 133 g/mol. The van der Waals surface area contributed by atoms with Gasteiger partial charge < -0.3 is 14.6 Å². The molecule has 0 saturated carbocycles. The van der Waals surface area contributed by atoms with E-state index in [1.807, 2.05) is 6.92 Å². The van der Waals surface area contributed by atoms with E-state index >= 15 is 0 Å². The van der Waals surface area contributed by atoms with Crippen molar-refractivity contribution in [1.82, 2.24) is 0 Å². The van der Waals surface area contributed by atoms with E-state index in [1.54, 1.807) is 0 Å². The fourth-order valence-electron chi connectivity index (χ4n) is 0.398. The largest absolute Gasteiger partial charge is 0.388 e. The van der Waals surface area contributed by atoms with Crippen LogP contribution in [0.25, 0.3) is 0 Å². The second-order valence-corrected chi connectivity index (χ2v) is 1.45. The van der Waals surface area contributed by atoms with Crippen LogP contribution in [-0.4, -0.2) is 31.5 Å². The highest BCUT2D eigenvalue weighted by Gasteiger charge is 1.84. The normalized spacial score (nSPS) is 10.0. The topological polar surface area (TPSA) is 38.7 Å². The summed E-state index contributed by atoms with van der Waals surface area (Å²) in [6, 6.07) is 0. The molecule has 0 bridgehead atoms. The van der Waals surface area contributed by atoms with Gasteiger partial charge in [0, 0.05) is 6.61 Å². The van der Waals surface area contributed by atoms with E-state index in [0.717, 1.165) is 6.61 Å². The van der Waals surface area contributed by atoms with Crippen molar-refractivity contribution in [3.05, 3.63) is 6.61 Å². The van der Waals surface area contributed by atoms with Gasteiger partial charge >= 0.3 is 0 Å². The zero-order valence-electron chi connectivity index (χ0n) is 5.67. The van der Waals surface area contributed by atoms with Gasteiger partial charge in [0.05, 0.1) is 19.8 Å². The van der Waals surface area contributed by atoms with Crippen LogP contribution in [0.15, 0.2) is 0 Å². The summed E-state index contributed by atoms with van der Waals surface area (Å²) in [5.74, 6) is 0. The minimum absolute atomic E-state index is 0.285. The summed E-state index contributed by atoms with van der Waals surface area (Å²) in [4.78, 5) is 0. The third-order valence-electron chi connectivity index (χ3n) is 0.769. The highest BCUT2D eigenvalue weighted by atomic mass is 16.5. The predicted molar refractivity (Wildman–Crippen MR) is 33.5 cm³/mol. The molecular formula is C6H13O3. The van der Waals surface area contributed by atoms with Crippen molar-refractivity contribution in [3.8, 4) is 0 Å². The van der Waals surface area contributed by atoms with Gasteiger partial charge in [-0.2, -0.15) is 0 Å². The van der Waals surface area contributed by atoms with Gasteiger partial charge in [0.25, 0.3) is 0 Å². The van der Waals surface area contributed by atoms with E-state index in [1.165, 1.54) is 0 Å². The van der Waals surface area contributed by atoms with Crippen LogP contribution in [0, 0.1) is 6.61 Å². The van der Waals surface area contributed by atoms with Crippen molar-refractivity contribution >= 4 is 0 Å². The van der Waals surface area contributed by atoms with Crippen molar-refractivity contribution in [3.63, 3.8) is 0 Å². The number of rotatable bonds is 6. The van der Waals surface area contributed by atoms with Gasteiger partial charge in [-0.25, -0.2) is 0 Å². The van der Waals surface area contributed by atoms with Gasteiger partial charge in [-0.05, 0) is 6.92 Å². The molecule has 0 aromatic rings. The molecule has 0 heterocycles. The summed E-state index contributed by atoms with van der Waals surface area (Å²) in [5, 5.41) is 8.13. The standard InChI is InChI=1S/C6H13O3/c1-2-8-5-6-9-4-3-7/h3,7H,2,4-6H2,1H3. The maximum absolute atomic E-state index is 8.13. The summed E-state index contributed by atoms with van der Waals surface area (Å²) in [5.41, 5.74) is 0. The van der Waals surface area contributed by atoms with E-state index < -0.39 is 0 Å². The van der Waals surface area contributed by atoms with Crippen LogP contribution in [0.2, 0.25) is 0 Å². The van der Waals surface area contributed by atoms with Crippen LogP contribution in [0.1, 0.15) is 6.92 Å². The number of ether oxygens (including phenoxy) is 2. The third-order valence-corrected chi connectivity index (χ3v) is 0.769. The lowest BCUT2D eigenvalue weighted by Gasteiger charge is -2.00. The SMILES string of the molecule is CCOCCOC[CH]O. The Balaban J connectivity index is 2.60. The zero-order valence-corrected chi connectivity index (χ0v) is 5.67. The summed E-state index contributed by atoms with van der Waals surface area (Å²) >= 11 is 0. The summed E-state index contributed by atoms with van der Waals surface area (Å²) in [7, 11) is 0. The average molecular weight is 133 g/mol. The minimum atomic E-state index is 0.285. The maximum atomic E-state index is 8.13. The molecule has 0 amide bonds. The molecule has 0 saturated heterocycles. The lowest BCUT2D eigenvalue weighted by molar-refractivity contribution is 0.0506. The second-order valence-electron chi connectivity index (χ2n) is 1.45. The zero-order chi connectivity index (χ0) is 6.95. The number of aliphatic hydroxyl groups excluding tert-OH is 1. The van der Waals surface area contributed by atoms with Crippen LogP contribution in [0.4, 0.5) is 0 Å². The highest BCUT2D eigenvalue weighted by molar-refractivity contribution is 4.39. The van der Waals surface area contributed by atoms with Gasteiger partial charge in [-0.1, -0.05) is 0 Å². The van der Waals surface area contributed by atoms with Crippen molar-refractivity contribution in [1.29, 1.82) is 0 Å². The van der Waals surface area contributed by atoms with Gasteiger partial charge in [0.1, 0.15) is 6.61 Å². The Morgan fingerprint density at radius 1 is 1.33 bits per heavy atom. The second kappa shape index (κ2) is 7.88. The van der Waals surface area contributed by atoms with E-state index in [-0.39, 0.29) is 6.61 Å². The molecule has 1 radical (unpaired) electrons. The van der Waals surface area contributed by atoms with Gasteiger partial charge in [0.15, 0.2) is 0 Å². The molecule has 0 aliphatic rings. The predicted octanol–water partition coefficient (Wildman–Crippen LogP) is 0.574. The molecule has 0 spiro atoms. The molecule has 0 unspecified atom stereocenters. The summed E-state index contributed by atoms with van der Waals surface area (Å²) in [6.45, 7) is 5.05. The van der Waals surface area contributed by atoms with Crippen molar-refractivity contribution in [2.75, 3.05) is 26.4 Å². The summed E-state index contributed by atoms with van der Waals surface area (Å²) in [6.07, 6.45) is 0. The van der Waals surface area contributed by atoms with Crippen LogP contribution in [0.3, 0.4) is 0 Å². The number of hydrogen-bond donors (Lipinski definition) is 1. The molecule has 0 rings (SSSR count). The number of hydrogen-bond acceptors (Lipinski definition) is 3. The van der Waals surface area contributed by atoms with Gasteiger partial charge in [-0.15, -0.1) is 0 Å². The fraction of sp³-hybridized carbons (Fsp3) is 0.833. The van der Waals surface area contributed by atoms with Crippen LogP contribution < -0.4 is 0 Å². The fourth-order valence-corrected chi connectivity index (χ4v) is 0.398. The molecule has 55 valence electrons. The van der Waals surface area contributed by atoms with Gasteiger partial charge in [-0.3, -0.25) is 0 Å². The molecule has 0 aromatic carbocycles. The lowest BCUT2D eigenvalue weighted by Crippen LogP contribution is -2.04. The number of aliphatic hydroxyl groups is 1. The first-order valence-electron chi connectivity index (χ1n) is 3.03. The Morgan fingerprint density at radius 2 is 2.00 bits per heavy atom. The molecule has 0 atom stereocenters. The molecule has 0 fully saturated rings.